The van der Waals surface area contributed by atoms with Gasteiger partial charge in [-0.05, 0) is 24.1 Å². The van der Waals surface area contributed by atoms with Crippen molar-refractivity contribution in [1.29, 1.82) is 0 Å². The molecule has 2 aromatic rings. The van der Waals surface area contributed by atoms with E-state index >= 15 is 0 Å². The van der Waals surface area contributed by atoms with Gasteiger partial charge in [-0.3, -0.25) is 0 Å². The van der Waals surface area contributed by atoms with Gasteiger partial charge < -0.3 is 0 Å². The minimum atomic E-state index is -0.504. The summed E-state index contributed by atoms with van der Waals surface area (Å²) in [7, 11) is 0. The third-order valence-electron chi connectivity index (χ3n) is 2.31. The van der Waals surface area contributed by atoms with Crippen molar-refractivity contribution in [3.8, 4) is 11.3 Å². The molecule has 0 atom stereocenters. The maximum absolute atomic E-state index is 13.4. The first-order valence-corrected chi connectivity index (χ1v) is 5.11. The first-order valence-electron chi connectivity index (χ1n) is 5.11. The van der Waals surface area contributed by atoms with Crippen molar-refractivity contribution < 1.29 is 4.39 Å². The fourth-order valence-electron chi connectivity index (χ4n) is 1.41. The maximum atomic E-state index is 13.4. The average molecular weight is 217 g/mol. The van der Waals surface area contributed by atoms with Gasteiger partial charge in [-0.2, -0.15) is 4.39 Å². The number of nitrogens with zero attached hydrogens (tertiary/aromatic N) is 3. The summed E-state index contributed by atoms with van der Waals surface area (Å²) in [5.74, 6) is -0.211. The zero-order valence-corrected chi connectivity index (χ0v) is 9.18. The maximum Gasteiger partial charge on any atom is 0.222 e. The van der Waals surface area contributed by atoms with Gasteiger partial charge in [0.05, 0.1) is 11.3 Å². The quantitative estimate of drug-likeness (QED) is 0.726. The van der Waals surface area contributed by atoms with Crippen LogP contribution >= 0.6 is 0 Å². The van der Waals surface area contributed by atoms with E-state index in [1.807, 2.05) is 13.8 Å². The van der Waals surface area contributed by atoms with Gasteiger partial charge >= 0.3 is 0 Å². The number of hydrogen-bond acceptors (Lipinski definition) is 3. The molecule has 3 nitrogen and oxygen atoms in total. The summed E-state index contributed by atoms with van der Waals surface area (Å²) in [6.45, 7) is 4.07. The Morgan fingerprint density at radius 1 is 1.19 bits per heavy atom. The van der Waals surface area contributed by atoms with Gasteiger partial charge in [0.2, 0.25) is 5.95 Å². The van der Waals surface area contributed by atoms with Gasteiger partial charge in [-0.25, -0.2) is 15.0 Å². The number of aromatic nitrogens is 3. The number of halogens is 1. The van der Waals surface area contributed by atoms with Crippen LogP contribution in [0.5, 0.6) is 0 Å². The third-order valence-corrected chi connectivity index (χ3v) is 2.31. The van der Waals surface area contributed by atoms with E-state index in [-0.39, 0.29) is 0 Å². The second kappa shape index (κ2) is 4.35. The lowest BCUT2D eigenvalue weighted by atomic mass is 10.1. The SMILES string of the molecule is CC(C)c1cc(-c2cccnc2F)ncn1. The second-order valence-electron chi connectivity index (χ2n) is 3.82. The van der Waals surface area contributed by atoms with Crippen LogP contribution in [-0.4, -0.2) is 15.0 Å². The molecule has 2 heterocycles. The Labute approximate surface area is 93.4 Å². The Hall–Kier alpha value is -1.84. The Morgan fingerprint density at radius 3 is 2.69 bits per heavy atom. The number of hydrogen-bond donors (Lipinski definition) is 0. The zero-order valence-electron chi connectivity index (χ0n) is 9.18. The Bertz CT molecular complexity index is 497. The lowest BCUT2D eigenvalue weighted by molar-refractivity contribution is 0.587. The standard InChI is InChI=1S/C12H12FN3/c1-8(2)10-6-11(16-7-15-10)9-4-3-5-14-12(9)13/h3-8H,1-2H3. The molecule has 0 bridgehead atoms. The summed E-state index contributed by atoms with van der Waals surface area (Å²) >= 11 is 0. The molecule has 82 valence electrons. The normalized spacial score (nSPS) is 10.8. The molecular weight excluding hydrogens is 205 g/mol. The van der Waals surface area contributed by atoms with E-state index in [1.165, 1.54) is 12.5 Å². The fourth-order valence-corrected chi connectivity index (χ4v) is 1.41. The number of pyridine rings is 1. The summed E-state index contributed by atoms with van der Waals surface area (Å²) in [6.07, 6.45) is 2.88. The molecule has 2 aromatic heterocycles. The van der Waals surface area contributed by atoms with Crippen molar-refractivity contribution in [3.63, 3.8) is 0 Å². The lowest BCUT2D eigenvalue weighted by Gasteiger charge is -2.06. The molecular formula is C12H12FN3. The predicted molar refractivity (Wildman–Crippen MR) is 59.3 cm³/mol. The molecule has 0 unspecified atom stereocenters. The molecule has 0 aliphatic carbocycles. The molecule has 4 heteroatoms. The monoisotopic (exact) mass is 217 g/mol. The van der Waals surface area contributed by atoms with Gasteiger partial charge in [0.1, 0.15) is 6.33 Å². The van der Waals surface area contributed by atoms with Crippen LogP contribution in [0, 0.1) is 5.95 Å². The molecule has 0 aromatic carbocycles. The third kappa shape index (κ3) is 2.05. The molecule has 0 radical (unpaired) electrons. The lowest BCUT2D eigenvalue weighted by Crippen LogP contribution is -1.97. The minimum absolute atomic E-state index is 0.293. The van der Waals surface area contributed by atoms with Gasteiger partial charge in [-0.1, -0.05) is 13.8 Å². The molecule has 0 saturated heterocycles. The summed E-state index contributed by atoms with van der Waals surface area (Å²) in [4.78, 5) is 11.8. The van der Waals surface area contributed by atoms with E-state index in [2.05, 4.69) is 15.0 Å². The summed E-state index contributed by atoms with van der Waals surface area (Å²) in [5, 5.41) is 0. The van der Waals surface area contributed by atoms with Crippen LogP contribution < -0.4 is 0 Å². The molecule has 0 saturated carbocycles. The van der Waals surface area contributed by atoms with E-state index in [1.54, 1.807) is 18.2 Å². The fraction of sp³-hybridized carbons (Fsp3) is 0.250. The highest BCUT2D eigenvalue weighted by atomic mass is 19.1. The van der Waals surface area contributed by atoms with Crippen molar-refractivity contribution in [2.75, 3.05) is 0 Å². The second-order valence-corrected chi connectivity index (χ2v) is 3.82. The van der Waals surface area contributed by atoms with Crippen LogP contribution in [-0.2, 0) is 0 Å². The van der Waals surface area contributed by atoms with Crippen LogP contribution in [0.2, 0.25) is 0 Å². The molecule has 2 rings (SSSR count). The van der Waals surface area contributed by atoms with Crippen LogP contribution in [0.15, 0.2) is 30.7 Å². The summed E-state index contributed by atoms with van der Waals surface area (Å²) < 4.78 is 13.4. The van der Waals surface area contributed by atoms with Gasteiger partial charge in [0.25, 0.3) is 0 Å². The van der Waals surface area contributed by atoms with E-state index in [0.717, 1.165) is 5.69 Å². The van der Waals surface area contributed by atoms with Gasteiger partial charge in [0.15, 0.2) is 0 Å². The van der Waals surface area contributed by atoms with Crippen molar-refractivity contribution in [1.82, 2.24) is 15.0 Å². The topological polar surface area (TPSA) is 38.7 Å². The highest BCUT2D eigenvalue weighted by Gasteiger charge is 2.09. The van der Waals surface area contributed by atoms with E-state index in [0.29, 0.717) is 17.2 Å². The van der Waals surface area contributed by atoms with E-state index in [9.17, 15) is 4.39 Å². The van der Waals surface area contributed by atoms with Crippen molar-refractivity contribution in [2.45, 2.75) is 19.8 Å². The first kappa shape index (κ1) is 10.7. The Balaban J connectivity index is 2.49. The molecule has 0 aliphatic heterocycles. The Morgan fingerprint density at radius 2 is 2.00 bits per heavy atom. The largest absolute Gasteiger partial charge is 0.241 e. The highest BCUT2D eigenvalue weighted by molar-refractivity contribution is 5.58. The molecule has 0 amide bonds. The van der Waals surface area contributed by atoms with Crippen LogP contribution in [0.25, 0.3) is 11.3 Å². The highest BCUT2D eigenvalue weighted by Crippen LogP contribution is 2.21. The van der Waals surface area contributed by atoms with Crippen LogP contribution in [0.3, 0.4) is 0 Å². The van der Waals surface area contributed by atoms with Gasteiger partial charge in [-0.15, -0.1) is 0 Å². The van der Waals surface area contributed by atoms with Crippen LogP contribution in [0.4, 0.5) is 4.39 Å². The summed E-state index contributed by atoms with van der Waals surface area (Å²) in [6, 6.07) is 5.15. The Kier molecular flexibility index (Phi) is 2.90. The van der Waals surface area contributed by atoms with Crippen molar-refractivity contribution in [2.24, 2.45) is 0 Å². The average Bonchev–Trinajstić information content (AvgIpc) is 2.30. The number of rotatable bonds is 2. The minimum Gasteiger partial charge on any atom is -0.241 e. The molecule has 0 N–H and O–H groups in total. The molecule has 0 spiro atoms. The van der Waals surface area contributed by atoms with E-state index in [4.69, 9.17) is 0 Å². The van der Waals surface area contributed by atoms with E-state index < -0.39 is 5.95 Å². The van der Waals surface area contributed by atoms with Crippen LogP contribution in [0.1, 0.15) is 25.5 Å². The predicted octanol–water partition coefficient (Wildman–Crippen LogP) is 2.80. The molecule has 0 fully saturated rings. The first-order chi connectivity index (χ1) is 7.68. The van der Waals surface area contributed by atoms with Gasteiger partial charge in [0, 0.05) is 11.9 Å². The molecule has 0 aliphatic rings. The smallest absolute Gasteiger partial charge is 0.222 e. The molecule has 16 heavy (non-hydrogen) atoms. The van der Waals surface area contributed by atoms with Crippen molar-refractivity contribution in [3.05, 3.63) is 42.4 Å². The van der Waals surface area contributed by atoms with Crippen molar-refractivity contribution >= 4 is 0 Å². The zero-order chi connectivity index (χ0) is 11.5. The summed E-state index contributed by atoms with van der Waals surface area (Å²) in [5.41, 5.74) is 1.88.